The maximum absolute atomic E-state index is 11.7. The molecular formula is C11H14N4OS. The minimum absolute atomic E-state index is 0.223. The number of hydrogen-bond donors (Lipinski definition) is 3. The summed E-state index contributed by atoms with van der Waals surface area (Å²) in [5, 5.41) is 15.0. The summed E-state index contributed by atoms with van der Waals surface area (Å²) < 4.78 is 0. The Morgan fingerprint density at radius 2 is 2.29 bits per heavy atom. The van der Waals surface area contributed by atoms with Gasteiger partial charge in [-0.1, -0.05) is 12.2 Å². The molecule has 0 saturated heterocycles. The number of amides is 1. The van der Waals surface area contributed by atoms with E-state index in [9.17, 15) is 4.79 Å². The van der Waals surface area contributed by atoms with Crippen molar-refractivity contribution in [2.24, 2.45) is 0 Å². The van der Waals surface area contributed by atoms with Crippen molar-refractivity contribution in [1.29, 1.82) is 5.26 Å². The van der Waals surface area contributed by atoms with E-state index in [1.54, 1.807) is 0 Å². The molecule has 1 aromatic heterocycles. The van der Waals surface area contributed by atoms with E-state index in [2.05, 4.69) is 17.2 Å². The second-order valence-corrected chi connectivity index (χ2v) is 4.57. The van der Waals surface area contributed by atoms with Crippen molar-refractivity contribution in [3.63, 3.8) is 0 Å². The lowest BCUT2D eigenvalue weighted by Gasteiger charge is -2.06. The Balaban J connectivity index is 3.15. The topological polar surface area (TPSA) is 90.9 Å². The number of carbonyl (C=O) groups is 1. The lowest BCUT2D eigenvalue weighted by atomic mass is 10.2. The monoisotopic (exact) mass is 250 g/mol. The number of thiophene rings is 1. The lowest BCUT2D eigenvalue weighted by Crippen LogP contribution is -2.20. The van der Waals surface area contributed by atoms with Crippen molar-refractivity contribution in [3.05, 3.63) is 22.6 Å². The third kappa shape index (κ3) is 2.77. The number of nitrogens with one attached hydrogen (secondary N) is 2. The maximum atomic E-state index is 11.7. The number of nitrogen functional groups attached to an aromatic ring is 1. The Morgan fingerprint density at radius 1 is 1.65 bits per heavy atom. The van der Waals surface area contributed by atoms with Crippen LogP contribution in [0.3, 0.4) is 0 Å². The van der Waals surface area contributed by atoms with Gasteiger partial charge in [0.1, 0.15) is 15.9 Å². The van der Waals surface area contributed by atoms with Gasteiger partial charge in [-0.05, 0) is 6.92 Å². The molecule has 5 nitrogen and oxygen atoms in total. The fraction of sp³-hybridized carbons (Fsp3) is 0.273. The summed E-state index contributed by atoms with van der Waals surface area (Å²) in [5.74, 6) is -0.301. The zero-order valence-electron chi connectivity index (χ0n) is 9.76. The number of carbonyl (C=O) groups excluding carboxylic acids is 1. The Morgan fingerprint density at radius 3 is 2.76 bits per heavy atom. The van der Waals surface area contributed by atoms with Crippen LogP contribution in [0.5, 0.6) is 0 Å². The molecule has 0 saturated carbocycles. The van der Waals surface area contributed by atoms with Crippen molar-refractivity contribution in [2.75, 3.05) is 24.6 Å². The minimum atomic E-state index is -0.301. The van der Waals surface area contributed by atoms with Gasteiger partial charge >= 0.3 is 0 Å². The van der Waals surface area contributed by atoms with Gasteiger partial charge in [0, 0.05) is 13.6 Å². The highest BCUT2D eigenvalue weighted by molar-refractivity contribution is 7.17. The molecule has 0 radical (unpaired) electrons. The first-order valence-electron chi connectivity index (χ1n) is 4.94. The fourth-order valence-corrected chi connectivity index (χ4v) is 2.14. The van der Waals surface area contributed by atoms with Gasteiger partial charge in [0.2, 0.25) is 0 Å². The molecule has 6 heteroatoms. The second kappa shape index (κ2) is 5.37. The normalized spacial score (nSPS) is 9.47. The van der Waals surface area contributed by atoms with E-state index in [1.807, 2.05) is 13.0 Å². The molecule has 0 atom stereocenters. The molecule has 4 N–H and O–H groups in total. The van der Waals surface area contributed by atoms with Crippen LogP contribution in [0, 0.1) is 11.3 Å². The van der Waals surface area contributed by atoms with Crippen molar-refractivity contribution < 1.29 is 4.79 Å². The van der Waals surface area contributed by atoms with E-state index < -0.39 is 0 Å². The van der Waals surface area contributed by atoms with Gasteiger partial charge in [-0.3, -0.25) is 4.79 Å². The van der Waals surface area contributed by atoms with Crippen molar-refractivity contribution in [1.82, 2.24) is 5.32 Å². The first kappa shape index (κ1) is 13.1. The fourth-order valence-electron chi connectivity index (χ4n) is 1.23. The summed E-state index contributed by atoms with van der Waals surface area (Å²) >= 11 is 1.17. The average molecular weight is 250 g/mol. The Bertz CT molecular complexity index is 498. The van der Waals surface area contributed by atoms with Crippen LogP contribution < -0.4 is 16.4 Å². The molecule has 0 unspecified atom stereocenters. The molecule has 0 bridgehead atoms. The van der Waals surface area contributed by atoms with Crippen LogP contribution in [-0.4, -0.2) is 19.5 Å². The maximum Gasteiger partial charge on any atom is 0.256 e. The van der Waals surface area contributed by atoms with Crippen LogP contribution in [0.15, 0.2) is 12.2 Å². The largest absolute Gasteiger partial charge is 0.396 e. The first-order valence-corrected chi connectivity index (χ1v) is 5.75. The molecule has 1 amide bonds. The predicted molar refractivity (Wildman–Crippen MR) is 70.1 cm³/mol. The zero-order chi connectivity index (χ0) is 13.0. The van der Waals surface area contributed by atoms with E-state index in [0.29, 0.717) is 22.0 Å². The number of nitriles is 1. The van der Waals surface area contributed by atoms with E-state index in [0.717, 1.165) is 5.57 Å². The van der Waals surface area contributed by atoms with Gasteiger partial charge in [-0.25, -0.2) is 0 Å². The van der Waals surface area contributed by atoms with Gasteiger partial charge in [0.15, 0.2) is 0 Å². The molecule has 17 heavy (non-hydrogen) atoms. The van der Waals surface area contributed by atoms with Crippen molar-refractivity contribution in [3.8, 4) is 6.07 Å². The molecule has 0 fully saturated rings. The Hall–Kier alpha value is -2.00. The van der Waals surface area contributed by atoms with E-state index in [4.69, 9.17) is 11.0 Å². The molecule has 0 aliphatic heterocycles. The van der Waals surface area contributed by atoms with Gasteiger partial charge in [-0.15, -0.1) is 11.3 Å². The molecule has 1 heterocycles. The van der Waals surface area contributed by atoms with Crippen LogP contribution in [0.1, 0.15) is 22.2 Å². The van der Waals surface area contributed by atoms with Gasteiger partial charge < -0.3 is 16.4 Å². The smallest absolute Gasteiger partial charge is 0.256 e. The highest BCUT2D eigenvalue weighted by Gasteiger charge is 2.20. The Labute approximate surface area is 104 Å². The summed E-state index contributed by atoms with van der Waals surface area (Å²) in [7, 11) is 1.52. The standard InChI is InChI=1S/C11H14N4OS/c1-6(2)5-15-11-8(10(16)14-3)9(13)7(4-12)17-11/h15H,1,5,13H2,2-3H3,(H,14,16). The first-order chi connectivity index (χ1) is 8.01. The van der Waals surface area contributed by atoms with E-state index >= 15 is 0 Å². The Kier molecular flexibility index (Phi) is 4.12. The summed E-state index contributed by atoms with van der Waals surface area (Å²) in [5.41, 5.74) is 7.24. The van der Waals surface area contributed by atoms with E-state index in [1.165, 1.54) is 18.4 Å². The van der Waals surface area contributed by atoms with Crippen LogP contribution in [0.4, 0.5) is 10.7 Å². The molecule has 0 spiro atoms. The van der Waals surface area contributed by atoms with Crippen LogP contribution in [0.25, 0.3) is 0 Å². The molecule has 0 aromatic carbocycles. The molecular weight excluding hydrogens is 236 g/mol. The highest BCUT2D eigenvalue weighted by Crippen LogP contribution is 2.35. The summed E-state index contributed by atoms with van der Waals surface area (Å²) in [6.07, 6.45) is 0. The number of rotatable bonds is 4. The quantitative estimate of drug-likeness (QED) is 0.707. The SMILES string of the molecule is C=C(C)CNc1sc(C#N)c(N)c1C(=O)NC. The van der Waals surface area contributed by atoms with Crippen molar-refractivity contribution in [2.45, 2.75) is 6.92 Å². The molecule has 0 aliphatic carbocycles. The van der Waals surface area contributed by atoms with Crippen LogP contribution >= 0.6 is 11.3 Å². The number of anilines is 2. The average Bonchev–Trinajstić information content (AvgIpc) is 2.62. The van der Waals surface area contributed by atoms with Gasteiger partial charge in [0.25, 0.3) is 5.91 Å². The predicted octanol–water partition coefficient (Wildman–Crippen LogP) is 1.55. The summed E-state index contributed by atoms with van der Waals surface area (Å²) in [6, 6.07) is 1.97. The van der Waals surface area contributed by atoms with Gasteiger partial charge in [-0.2, -0.15) is 5.26 Å². The van der Waals surface area contributed by atoms with Crippen LogP contribution in [0.2, 0.25) is 0 Å². The van der Waals surface area contributed by atoms with Crippen molar-refractivity contribution >= 4 is 27.9 Å². The number of nitrogens with two attached hydrogens (primary N) is 1. The third-order valence-corrected chi connectivity index (χ3v) is 3.12. The molecule has 0 aliphatic rings. The number of nitrogens with zero attached hydrogens (tertiary/aromatic N) is 1. The molecule has 1 rings (SSSR count). The summed E-state index contributed by atoms with van der Waals surface area (Å²) in [4.78, 5) is 12.0. The summed E-state index contributed by atoms with van der Waals surface area (Å²) in [6.45, 7) is 6.17. The third-order valence-electron chi connectivity index (χ3n) is 2.05. The van der Waals surface area contributed by atoms with Crippen LogP contribution in [-0.2, 0) is 0 Å². The zero-order valence-corrected chi connectivity index (χ0v) is 10.6. The van der Waals surface area contributed by atoms with Gasteiger partial charge in [0.05, 0.1) is 11.3 Å². The lowest BCUT2D eigenvalue weighted by molar-refractivity contribution is 0.0965. The van der Waals surface area contributed by atoms with E-state index in [-0.39, 0.29) is 11.6 Å². The minimum Gasteiger partial charge on any atom is -0.396 e. The molecule has 90 valence electrons. The second-order valence-electron chi connectivity index (χ2n) is 3.55. The number of hydrogen-bond acceptors (Lipinski definition) is 5. The molecule has 1 aromatic rings. The highest BCUT2D eigenvalue weighted by atomic mass is 32.1.